The summed E-state index contributed by atoms with van der Waals surface area (Å²) in [6.45, 7) is 6.53. The molecule has 7 heteroatoms. The number of aliphatic imine (C=N–C) groups is 1. The molecule has 178 valence electrons. The highest BCUT2D eigenvalue weighted by molar-refractivity contribution is 5.58. The predicted molar refractivity (Wildman–Crippen MR) is 134 cm³/mol. The van der Waals surface area contributed by atoms with Gasteiger partial charge in [0.15, 0.2) is 0 Å². The summed E-state index contributed by atoms with van der Waals surface area (Å²) in [5, 5.41) is 0. The topological polar surface area (TPSA) is 61.0 Å². The molecule has 0 radical (unpaired) electrons. The van der Waals surface area contributed by atoms with E-state index in [9.17, 15) is 4.79 Å². The second-order valence-corrected chi connectivity index (χ2v) is 9.71. The molecule has 1 saturated carbocycles. The van der Waals surface area contributed by atoms with Crippen LogP contribution in [0.1, 0.15) is 39.5 Å². The highest BCUT2D eigenvalue weighted by atomic mass is 16.5. The summed E-state index contributed by atoms with van der Waals surface area (Å²) in [5.74, 6) is 1.64. The van der Waals surface area contributed by atoms with Gasteiger partial charge >= 0.3 is 5.69 Å². The van der Waals surface area contributed by atoms with Crippen LogP contribution in [0, 0.1) is 0 Å². The summed E-state index contributed by atoms with van der Waals surface area (Å²) in [5.41, 5.74) is 1.48. The van der Waals surface area contributed by atoms with E-state index in [1.54, 1.807) is 21.5 Å². The average Bonchev–Trinajstić information content (AvgIpc) is 3.56. The number of hydrogen-bond acceptors (Lipinski definition) is 5. The van der Waals surface area contributed by atoms with Gasteiger partial charge < -0.3 is 14.4 Å². The number of imidazole rings is 1. The minimum Gasteiger partial charge on any atom is -0.492 e. The summed E-state index contributed by atoms with van der Waals surface area (Å²) in [7, 11) is 0. The Morgan fingerprint density at radius 3 is 2.06 bits per heavy atom. The Labute approximate surface area is 200 Å². The van der Waals surface area contributed by atoms with Crippen molar-refractivity contribution in [1.29, 1.82) is 0 Å². The second kappa shape index (κ2) is 9.41. The molecule has 2 heterocycles. The van der Waals surface area contributed by atoms with Crippen LogP contribution in [0.4, 0.5) is 0 Å². The maximum absolute atomic E-state index is 13.0. The smallest absolute Gasteiger partial charge is 0.337 e. The van der Waals surface area contributed by atoms with E-state index in [0.717, 1.165) is 48.8 Å². The molecule has 0 amide bonds. The second-order valence-electron chi connectivity index (χ2n) is 9.71. The standard InChI is InChI=1S/C27H32N4O3/c1-27(2)19-29(20-28-27)17-18-33-23-11-7-21(8-12-23)30-15-16-31(26(30)32)22-9-13-25(14-10-22)34-24-5-3-4-6-24/h7-16,20,24H,3-6,17-19H2,1-2H3. The normalized spacial score (nSPS) is 17.4. The lowest BCUT2D eigenvalue weighted by atomic mass is 10.1. The van der Waals surface area contributed by atoms with Crippen molar-refractivity contribution in [3.05, 3.63) is 71.4 Å². The van der Waals surface area contributed by atoms with Crippen molar-refractivity contribution >= 4 is 6.34 Å². The van der Waals surface area contributed by atoms with Crippen LogP contribution in [0.25, 0.3) is 11.4 Å². The number of aromatic nitrogens is 2. The van der Waals surface area contributed by atoms with Gasteiger partial charge in [-0.05, 0) is 88.1 Å². The summed E-state index contributed by atoms with van der Waals surface area (Å²) in [4.78, 5) is 19.7. The van der Waals surface area contributed by atoms with Gasteiger partial charge in [0.2, 0.25) is 0 Å². The molecule has 0 atom stereocenters. The van der Waals surface area contributed by atoms with E-state index in [4.69, 9.17) is 9.47 Å². The Morgan fingerprint density at radius 2 is 1.50 bits per heavy atom. The summed E-state index contributed by atoms with van der Waals surface area (Å²) in [6.07, 6.45) is 10.5. The molecule has 1 aliphatic heterocycles. The Morgan fingerprint density at radius 1 is 0.912 bits per heavy atom. The van der Waals surface area contributed by atoms with Crippen LogP contribution >= 0.6 is 0 Å². The van der Waals surface area contributed by atoms with Crippen molar-refractivity contribution in [3.8, 4) is 22.9 Å². The molecule has 3 aromatic rings. The molecular formula is C27H32N4O3. The fourth-order valence-corrected chi connectivity index (χ4v) is 4.59. The average molecular weight is 461 g/mol. The molecule has 1 fully saturated rings. The molecule has 0 bridgehead atoms. The SMILES string of the molecule is CC1(C)CN(CCOc2ccc(-n3ccn(-c4ccc(OC5CCCC5)cc4)c3=O)cc2)C=N1. The first-order valence-corrected chi connectivity index (χ1v) is 12.1. The molecule has 34 heavy (non-hydrogen) atoms. The molecule has 2 aromatic carbocycles. The highest BCUT2D eigenvalue weighted by Gasteiger charge is 2.24. The third-order valence-electron chi connectivity index (χ3n) is 6.42. The number of benzene rings is 2. The zero-order chi connectivity index (χ0) is 23.5. The first-order chi connectivity index (χ1) is 16.5. The Hall–Kier alpha value is -3.48. The number of rotatable bonds is 8. The molecule has 1 aliphatic carbocycles. The first-order valence-electron chi connectivity index (χ1n) is 12.1. The van der Waals surface area contributed by atoms with E-state index < -0.39 is 0 Å². The Bertz CT molecular complexity index is 1190. The van der Waals surface area contributed by atoms with Gasteiger partial charge in [-0.25, -0.2) is 4.79 Å². The molecule has 7 nitrogen and oxygen atoms in total. The quantitative estimate of drug-likeness (QED) is 0.498. The number of ether oxygens (including phenoxy) is 2. The van der Waals surface area contributed by atoms with Crippen LogP contribution in [0.2, 0.25) is 0 Å². The van der Waals surface area contributed by atoms with Gasteiger partial charge in [0, 0.05) is 18.9 Å². The van der Waals surface area contributed by atoms with Crippen LogP contribution in [0.3, 0.4) is 0 Å². The summed E-state index contributed by atoms with van der Waals surface area (Å²) < 4.78 is 15.2. The van der Waals surface area contributed by atoms with E-state index in [1.807, 2.05) is 54.9 Å². The van der Waals surface area contributed by atoms with Crippen molar-refractivity contribution in [2.24, 2.45) is 4.99 Å². The maximum atomic E-state index is 13.0. The lowest BCUT2D eigenvalue weighted by Gasteiger charge is -2.19. The fraction of sp³-hybridized carbons (Fsp3) is 0.407. The number of nitrogens with zero attached hydrogens (tertiary/aromatic N) is 4. The molecule has 2 aliphatic rings. The summed E-state index contributed by atoms with van der Waals surface area (Å²) >= 11 is 0. The maximum Gasteiger partial charge on any atom is 0.337 e. The molecule has 0 N–H and O–H groups in total. The first kappa shape index (κ1) is 22.3. The largest absolute Gasteiger partial charge is 0.492 e. The van der Waals surface area contributed by atoms with E-state index in [2.05, 4.69) is 23.7 Å². The summed E-state index contributed by atoms with van der Waals surface area (Å²) in [6, 6.07) is 15.3. The molecular weight excluding hydrogens is 428 g/mol. The van der Waals surface area contributed by atoms with Crippen molar-refractivity contribution in [2.75, 3.05) is 19.7 Å². The lowest BCUT2D eigenvalue weighted by molar-refractivity contribution is 0.210. The molecule has 1 aromatic heterocycles. The van der Waals surface area contributed by atoms with E-state index in [1.165, 1.54) is 12.8 Å². The van der Waals surface area contributed by atoms with E-state index in [-0.39, 0.29) is 11.2 Å². The predicted octanol–water partition coefficient (Wildman–Crippen LogP) is 4.45. The van der Waals surface area contributed by atoms with Gasteiger partial charge in [0.05, 0.1) is 35.9 Å². The van der Waals surface area contributed by atoms with Crippen LogP contribution < -0.4 is 15.2 Å². The van der Waals surface area contributed by atoms with Gasteiger partial charge in [-0.1, -0.05) is 0 Å². The zero-order valence-electron chi connectivity index (χ0n) is 19.9. The fourth-order valence-electron chi connectivity index (χ4n) is 4.59. The van der Waals surface area contributed by atoms with Crippen LogP contribution in [-0.4, -0.2) is 51.7 Å². The van der Waals surface area contributed by atoms with Gasteiger partial charge in [-0.2, -0.15) is 0 Å². The van der Waals surface area contributed by atoms with Gasteiger partial charge in [-0.3, -0.25) is 14.1 Å². The van der Waals surface area contributed by atoms with E-state index in [0.29, 0.717) is 12.7 Å². The molecule has 0 spiro atoms. The zero-order valence-corrected chi connectivity index (χ0v) is 19.9. The molecule has 5 rings (SSSR count). The lowest BCUT2D eigenvalue weighted by Crippen LogP contribution is -2.31. The van der Waals surface area contributed by atoms with Crippen molar-refractivity contribution < 1.29 is 9.47 Å². The highest BCUT2D eigenvalue weighted by Crippen LogP contribution is 2.25. The van der Waals surface area contributed by atoms with Crippen molar-refractivity contribution in [1.82, 2.24) is 14.0 Å². The van der Waals surface area contributed by atoms with Crippen LogP contribution in [0.5, 0.6) is 11.5 Å². The van der Waals surface area contributed by atoms with Crippen molar-refractivity contribution in [3.63, 3.8) is 0 Å². The minimum absolute atomic E-state index is 0.0173. The third-order valence-corrected chi connectivity index (χ3v) is 6.42. The van der Waals surface area contributed by atoms with Gasteiger partial charge in [0.1, 0.15) is 18.1 Å². The van der Waals surface area contributed by atoms with Gasteiger partial charge in [-0.15, -0.1) is 0 Å². The van der Waals surface area contributed by atoms with E-state index >= 15 is 0 Å². The monoisotopic (exact) mass is 460 g/mol. The third kappa shape index (κ3) is 5.03. The van der Waals surface area contributed by atoms with Crippen molar-refractivity contribution in [2.45, 2.75) is 51.2 Å². The van der Waals surface area contributed by atoms with Crippen LogP contribution in [0.15, 0.2) is 70.7 Å². The minimum atomic E-state index is -0.117. The molecule has 0 saturated heterocycles. The van der Waals surface area contributed by atoms with Gasteiger partial charge in [0.25, 0.3) is 0 Å². The number of hydrogen-bond donors (Lipinski definition) is 0. The Kier molecular flexibility index (Phi) is 6.18. The Balaban J connectivity index is 1.20. The van der Waals surface area contributed by atoms with Crippen LogP contribution in [-0.2, 0) is 0 Å². The molecule has 0 unspecified atom stereocenters.